The van der Waals surface area contributed by atoms with Gasteiger partial charge < -0.3 is 4.98 Å². The lowest BCUT2D eigenvalue weighted by Crippen LogP contribution is -2.00. The van der Waals surface area contributed by atoms with Crippen molar-refractivity contribution < 1.29 is 0 Å². The molecule has 0 amide bonds. The average molecular weight is 355 g/mol. The average Bonchev–Trinajstić information content (AvgIpc) is 2.95. The molecular formula is C12H11BrN4S2. The minimum atomic E-state index is 0.665. The Morgan fingerprint density at radius 2 is 2.26 bits per heavy atom. The summed E-state index contributed by atoms with van der Waals surface area (Å²) in [6.45, 7) is 2.80. The van der Waals surface area contributed by atoms with E-state index in [-0.39, 0.29) is 0 Å². The molecule has 3 rings (SSSR count). The van der Waals surface area contributed by atoms with Gasteiger partial charge in [0.05, 0.1) is 12.1 Å². The lowest BCUT2D eigenvalue weighted by Gasteiger charge is -2.00. The molecule has 0 saturated heterocycles. The molecule has 0 unspecified atom stereocenters. The summed E-state index contributed by atoms with van der Waals surface area (Å²) < 4.78 is 3.59. The van der Waals surface area contributed by atoms with Crippen molar-refractivity contribution in [2.24, 2.45) is 0 Å². The van der Waals surface area contributed by atoms with Crippen LogP contribution in [0.4, 0.5) is 0 Å². The molecule has 0 atom stereocenters. The summed E-state index contributed by atoms with van der Waals surface area (Å²) in [7, 11) is 0. The van der Waals surface area contributed by atoms with Gasteiger partial charge in [0, 0.05) is 21.7 Å². The second-order valence-electron chi connectivity index (χ2n) is 4.11. The summed E-state index contributed by atoms with van der Waals surface area (Å²) in [4.78, 5) is 13.3. The molecule has 19 heavy (non-hydrogen) atoms. The van der Waals surface area contributed by atoms with Gasteiger partial charge in [-0.15, -0.1) is 11.3 Å². The molecule has 0 aromatic carbocycles. The first-order valence-corrected chi connectivity index (χ1v) is 7.87. The molecule has 3 aromatic rings. The third-order valence-corrected chi connectivity index (χ3v) is 4.70. The van der Waals surface area contributed by atoms with Crippen molar-refractivity contribution in [1.29, 1.82) is 0 Å². The molecule has 7 heteroatoms. The van der Waals surface area contributed by atoms with Crippen LogP contribution in [0.1, 0.15) is 16.8 Å². The number of thiazole rings is 1. The van der Waals surface area contributed by atoms with Crippen molar-refractivity contribution >= 4 is 50.6 Å². The number of hydrogen-bond acceptors (Lipinski definition) is 4. The van der Waals surface area contributed by atoms with Crippen LogP contribution >= 0.6 is 39.5 Å². The van der Waals surface area contributed by atoms with E-state index in [0.29, 0.717) is 11.3 Å². The van der Waals surface area contributed by atoms with Gasteiger partial charge >= 0.3 is 0 Å². The number of aromatic amines is 1. The highest BCUT2D eigenvalue weighted by Crippen LogP contribution is 2.20. The van der Waals surface area contributed by atoms with E-state index in [1.807, 2.05) is 16.8 Å². The van der Waals surface area contributed by atoms with Crippen LogP contribution in [-0.2, 0) is 13.0 Å². The van der Waals surface area contributed by atoms with Gasteiger partial charge in [-0.05, 0) is 40.6 Å². The van der Waals surface area contributed by atoms with Crippen molar-refractivity contribution in [2.75, 3.05) is 0 Å². The summed E-state index contributed by atoms with van der Waals surface area (Å²) in [6.07, 6.45) is 4.73. The lowest BCUT2D eigenvalue weighted by molar-refractivity contribution is 0.793. The highest BCUT2D eigenvalue weighted by atomic mass is 79.9. The number of H-pyrrole nitrogens is 1. The largest absolute Gasteiger partial charge is 0.329 e. The van der Waals surface area contributed by atoms with Crippen molar-refractivity contribution in [3.63, 3.8) is 0 Å². The first-order chi connectivity index (χ1) is 9.17. The molecule has 4 nitrogen and oxygen atoms in total. The summed E-state index contributed by atoms with van der Waals surface area (Å²) in [6, 6.07) is 1.98. The third-order valence-electron chi connectivity index (χ3n) is 2.82. The maximum atomic E-state index is 5.36. The Morgan fingerprint density at radius 3 is 3.00 bits per heavy atom. The van der Waals surface area contributed by atoms with Crippen molar-refractivity contribution in [3.05, 3.63) is 37.6 Å². The Morgan fingerprint density at radius 1 is 1.42 bits per heavy atom. The second kappa shape index (κ2) is 5.15. The van der Waals surface area contributed by atoms with Crippen LogP contribution in [-0.4, -0.2) is 19.5 Å². The fraction of sp³-hybridized carbons (Fsp3) is 0.250. The van der Waals surface area contributed by atoms with Crippen molar-refractivity contribution in [3.8, 4) is 0 Å². The van der Waals surface area contributed by atoms with Crippen LogP contribution in [0.15, 0.2) is 22.9 Å². The van der Waals surface area contributed by atoms with Crippen LogP contribution in [0.2, 0.25) is 0 Å². The Balaban J connectivity index is 2.05. The molecule has 0 aliphatic rings. The molecule has 0 aliphatic carbocycles. The molecular weight excluding hydrogens is 344 g/mol. The Labute approximate surface area is 127 Å². The number of rotatable bonds is 3. The van der Waals surface area contributed by atoms with E-state index >= 15 is 0 Å². The number of halogens is 1. The number of nitrogens with one attached hydrogen (secondary N) is 1. The van der Waals surface area contributed by atoms with Crippen LogP contribution in [0, 0.1) is 4.77 Å². The standard InChI is InChI=1S/C12H11BrN4S2/c1-2-8-5-14-10(19-8)6-17-11-9(16-12(17)18)3-7(13)4-15-11/h3-5H,2,6H2,1H3,(H,16,18). The minimum Gasteiger partial charge on any atom is -0.329 e. The van der Waals surface area contributed by atoms with Gasteiger partial charge in [0.15, 0.2) is 10.4 Å². The Hall–Kier alpha value is -1.05. The molecule has 3 aromatic heterocycles. The van der Waals surface area contributed by atoms with Gasteiger partial charge in [0.25, 0.3) is 0 Å². The molecule has 0 radical (unpaired) electrons. The zero-order valence-corrected chi connectivity index (χ0v) is 13.4. The van der Waals surface area contributed by atoms with Crippen molar-refractivity contribution in [2.45, 2.75) is 19.9 Å². The van der Waals surface area contributed by atoms with Gasteiger partial charge in [-0.2, -0.15) is 0 Å². The summed E-state index contributed by atoms with van der Waals surface area (Å²) in [5.74, 6) is 0. The number of fused-ring (bicyclic) bond motifs is 1. The topological polar surface area (TPSA) is 46.5 Å². The van der Waals surface area contributed by atoms with Gasteiger partial charge in [0.1, 0.15) is 5.01 Å². The fourth-order valence-corrected chi connectivity index (χ4v) is 3.33. The van der Waals surface area contributed by atoms with Crippen LogP contribution in [0.3, 0.4) is 0 Å². The summed E-state index contributed by atoms with van der Waals surface area (Å²) in [5, 5.41) is 1.05. The van der Waals surface area contributed by atoms with Gasteiger partial charge in [-0.3, -0.25) is 4.57 Å². The molecule has 1 N–H and O–H groups in total. The molecule has 0 spiro atoms. The first-order valence-electron chi connectivity index (χ1n) is 5.85. The summed E-state index contributed by atoms with van der Waals surface area (Å²) in [5.41, 5.74) is 1.80. The molecule has 0 saturated carbocycles. The van der Waals surface area contributed by atoms with Crippen molar-refractivity contribution in [1.82, 2.24) is 19.5 Å². The van der Waals surface area contributed by atoms with Gasteiger partial charge in [-0.25, -0.2) is 9.97 Å². The predicted octanol–water partition coefficient (Wildman–Crippen LogP) is 3.92. The minimum absolute atomic E-state index is 0.665. The maximum absolute atomic E-state index is 5.36. The summed E-state index contributed by atoms with van der Waals surface area (Å²) >= 11 is 10.5. The third kappa shape index (κ3) is 2.50. The Bertz CT molecular complexity index is 786. The van der Waals surface area contributed by atoms with Crippen LogP contribution in [0.5, 0.6) is 0 Å². The van der Waals surface area contributed by atoms with Crippen LogP contribution in [0.25, 0.3) is 11.2 Å². The Kier molecular flexibility index (Phi) is 3.51. The highest BCUT2D eigenvalue weighted by molar-refractivity contribution is 9.10. The number of aromatic nitrogens is 4. The van der Waals surface area contributed by atoms with E-state index in [1.54, 1.807) is 17.5 Å². The van der Waals surface area contributed by atoms with Gasteiger partial charge in [-0.1, -0.05) is 6.92 Å². The molecule has 3 heterocycles. The van der Waals surface area contributed by atoms with E-state index < -0.39 is 0 Å². The monoisotopic (exact) mass is 354 g/mol. The second-order valence-corrected chi connectivity index (χ2v) is 6.62. The van der Waals surface area contributed by atoms with E-state index in [4.69, 9.17) is 12.2 Å². The lowest BCUT2D eigenvalue weighted by atomic mass is 10.4. The van der Waals surface area contributed by atoms with Gasteiger partial charge in [0.2, 0.25) is 0 Å². The number of hydrogen-bond donors (Lipinski definition) is 1. The quantitative estimate of drug-likeness (QED) is 0.725. The normalized spacial score (nSPS) is 11.3. The van der Waals surface area contributed by atoms with E-state index in [1.165, 1.54) is 4.88 Å². The maximum Gasteiger partial charge on any atom is 0.179 e. The molecule has 0 fully saturated rings. The SMILES string of the molecule is CCc1cnc(Cn2c(=S)[nH]c3cc(Br)cnc32)s1. The fourth-order valence-electron chi connectivity index (χ4n) is 1.88. The number of imidazole rings is 1. The van der Waals surface area contributed by atoms with E-state index in [2.05, 4.69) is 37.8 Å². The highest BCUT2D eigenvalue weighted by Gasteiger charge is 2.09. The molecule has 0 aliphatic heterocycles. The van der Waals surface area contributed by atoms with Crippen LogP contribution < -0.4 is 0 Å². The first kappa shape index (κ1) is 13.0. The zero-order valence-electron chi connectivity index (χ0n) is 10.2. The van der Waals surface area contributed by atoms with E-state index in [9.17, 15) is 0 Å². The smallest absolute Gasteiger partial charge is 0.179 e. The molecule has 0 bridgehead atoms. The van der Waals surface area contributed by atoms with E-state index in [0.717, 1.165) is 27.1 Å². The number of nitrogens with zero attached hydrogens (tertiary/aromatic N) is 3. The zero-order chi connectivity index (χ0) is 13.4. The number of pyridine rings is 1. The predicted molar refractivity (Wildman–Crippen MR) is 83.2 cm³/mol. The number of aryl methyl sites for hydroxylation is 1. The molecule has 98 valence electrons.